The average molecular weight is 387 g/mol. The van der Waals surface area contributed by atoms with Gasteiger partial charge in [-0.3, -0.25) is 9.59 Å². The Kier molecular flexibility index (Phi) is 26.0. The van der Waals surface area contributed by atoms with E-state index in [1.807, 2.05) is 0 Å². The van der Waals surface area contributed by atoms with Crippen molar-refractivity contribution in [3.63, 3.8) is 0 Å². The van der Waals surface area contributed by atoms with Gasteiger partial charge in [0.2, 0.25) is 0 Å². The summed E-state index contributed by atoms with van der Waals surface area (Å²) >= 11 is 0. The summed E-state index contributed by atoms with van der Waals surface area (Å²) in [6.45, 7) is 6.97. The summed E-state index contributed by atoms with van der Waals surface area (Å²) in [6, 6.07) is 0. The topological polar surface area (TPSA) is 63.6 Å². The van der Waals surface area contributed by atoms with E-state index < -0.39 is 18.4 Å². The number of hydrogen-bond donors (Lipinski definition) is 1. The van der Waals surface area contributed by atoms with Gasteiger partial charge in [0.1, 0.15) is 6.42 Å². The molecule has 0 bridgehead atoms. The lowest BCUT2D eigenvalue weighted by molar-refractivity contribution is -0.151. The van der Waals surface area contributed by atoms with Crippen LogP contribution in [0.4, 0.5) is 0 Å². The van der Waals surface area contributed by atoms with Crippen molar-refractivity contribution < 1.29 is 19.4 Å². The molecule has 0 rings (SSSR count). The molecule has 0 aromatic heterocycles. The van der Waals surface area contributed by atoms with Crippen molar-refractivity contribution in [2.45, 2.75) is 130 Å². The Labute approximate surface area is 168 Å². The third-order valence-electron chi connectivity index (χ3n) is 4.56. The van der Waals surface area contributed by atoms with Gasteiger partial charge in [-0.15, -0.1) is 0 Å². The number of rotatable bonds is 18. The van der Waals surface area contributed by atoms with E-state index in [-0.39, 0.29) is 0 Å². The molecule has 27 heavy (non-hydrogen) atoms. The Morgan fingerprint density at radius 1 is 0.593 bits per heavy atom. The molecule has 0 aliphatic carbocycles. The number of ether oxygens (including phenoxy) is 1. The molecule has 0 unspecified atom stereocenters. The Balaban J connectivity index is 0. The number of carbonyl (C=O) groups excluding carboxylic acids is 1. The molecular weight excluding hydrogens is 340 g/mol. The highest BCUT2D eigenvalue weighted by atomic mass is 16.5. The Morgan fingerprint density at radius 2 is 0.963 bits per heavy atom. The zero-order valence-electron chi connectivity index (χ0n) is 18.4. The van der Waals surface area contributed by atoms with E-state index >= 15 is 0 Å². The van der Waals surface area contributed by atoms with Crippen LogP contribution in [0, 0.1) is 0 Å². The summed E-state index contributed by atoms with van der Waals surface area (Å²) in [5, 5.41) is 8.41. The third-order valence-corrected chi connectivity index (χ3v) is 4.56. The van der Waals surface area contributed by atoms with Crippen molar-refractivity contribution in [3.05, 3.63) is 0 Å². The summed E-state index contributed by atoms with van der Waals surface area (Å²) in [5.41, 5.74) is 0. The van der Waals surface area contributed by atoms with Gasteiger partial charge >= 0.3 is 11.9 Å². The van der Waals surface area contributed by atoms with Gasteiger partial charge in [-0.2, -0.15) is 0 Å². The molecule has 0 aromatic carbocycles. The molecule has 4 heteroatoms. The zero-order valence-corrected chi connectivity index (χ0v) is 18.4. The Morgan fingerprint density at radius 3 is 1.30 bits per heavy atom. The van der Waals surface area contributed by atoms with Crippen molar-refractivity contribution in [1.29, 1.82) is 0 Å². The van der Waals surface area contributed by atoms with Crippen LogP contribution in [-0.4, -0.2) is 23.7 Å². The molecule has 0 saturated heterocycles. The van der Waals surface area contributed by atoms with E-state index in [4.69, 9.17) is 9.84 Å². The van der Waals surface area contributed by atoms with Crippen molar-refractivity contribution in [1.82, 2.24) is 0 Å². The molecule has 1 N–H and O–H groups in total. The first-order chi connectivity index (χ1) is 13.1. The van der Waals surface area contributed by atoms with Crippen LogP contribution in [0.5, 0.6) is 0 Å². The Bertz CT molecular complexity index is 314. The van der Waals surface area contributed by atoms with Crippen LogP contribution < -0.4 is 0 Å². The van der Waals surface area contributed by atoms with Gasteiger partial charge in [-0.05, 0) is 6.42 Å². The predicted molar refractivity (Wildman–Crippen MR) is 114 cm³/mol. The first-order valence-corrected chi connectivity index (χ1v) is 11.5. The molecule has 0 aliphatic heterocycles. The van der Waals surface area contributed by atoms with Crippen molar-refractivity contribution >= 4 is 11.9 Å². The molecule has 0 spiro atoms. The average Bonchev–Trinajstić information content (AvgIpc) is 2.64. The number of carbonyl (C=O) groups is 2. The number of hydrogen-bond acceptors (Lipinski definition) is 3. The van der Waals surface area contributed by atoms with Crippen LogP contribution in [-0.2, 0) is 14.3 Å². The first kappa shape index (κ1) is 28.2. The second-order valence-electron chi connectivity index (χ2n) is 7.39. The maximum atomic E-state index is 11.0. The maximum Gasteiger partial charge on any atom is 0.317 e. The monoisotopic (exact) mass is 386 g/mol. The number of carboxylic acid groups (broad SMARTS) is 1. The summed E-state index contributed by atoms with van der Waals surface area (Å²) in [4.78, 5) is 21.3. The Hall–Kier alpha value is -1.06. The standard InChI is InChI=1S/C19H36O4.C4H10/c1-2-3-4-5-6-7-8-9-10-11-12-13-14-15-16-23-19(22)17-18(20)21;1-3-4-2/h2-17H2,1H3,(H,20,21);3-4H2,1-2H3. The van der Waals surface area contributed by atoms with Crippen molar-refractivity contribution in [2.24, 2.45) is 0 Å². The normalized spacial score (nSPS) is 10.2. The SMILES string of the molecule is CCCC.CCCCCCCCCCCCCCCCOC(=O)CC(=O)O. The minimum Gasteiger partial charge on any atom is -0.481 e. The lowest BCUT2D eigenvalue weighted by atomic mass is 10.0. The zero-order chi connectivity index (χ0) is 20.6. The summed E-state index contributed by atoms with van der Waals surface area (Å²) in [5.74, 6) is -1.76. The molecule has 0 aromatic rings. The van der Waals surface area contributed by atoms with Crippen molar-refractivity contribution in [2.75, 3.05) is 6.61 Å². The molecular formula is C23H46O4. The number of unbranched alkanes of at least 4 members (excludes halogenated alkanes) is 14. The summed E-state index contributed by atoms with van der Waals surface area (Å²) in [7, 11) is 0. The largest absolute Gasteiger partial charge is 0.481 e. The summed E-state index contributed by atoms with van der Waals surface area (Å²) < 4.78 is 4.84. The highest BCUT2D eigenvalue weighted by Crippen LogP contribution is 2.12. The van der Waals surface area contributed by atoms with Gasteiger partial charge in [-0.25, -0.2) is 0 Å². The molecule has 0 saturated carbocycles. The lowest BCUT2D eigenvalue weighted by Crippen LogP contribution is -2.11. The van der Waals surface area contributed by atoms with Gasteiger partial charge in [0.05, 0.1) is 6.61 Å². The van der Waals surface area contributed by atoms with E-state index in [0.717, 1.165) is 12.8 Å². The van der Waals surface area contributed by atoms with E-state index in [9.17, 15) is 9.59 Å². The van der Waals surface area contributed by atoms with E-state index in [1.54, 1.807) is 0 Å². The van der Waals surface area contributed by atoms with Gasteiger partial charge in [-0.1, -0.05) is 117 Å². The molecule has 0 aliphatic rings. The smallest absolute Gasteiger partial charge is 0.317 e. The maximum absolute atomic E-state index is 11.0. The number of esters is 1. The van der Waals surface area contributed by atoms with E-state index in [2.05, 4.69) is 20.8 Å². The van der Waals surface area contributed by atoms with Gasteiger partial charge in [0, 0.05) is 0 Å². The minimum atomic E-state index is -1.13. The van der Waals surface area contributed by atoms with Gasteiger partial charge < -0.3 is 9.84 Å². The van der Waals surface area contributed by atoms with Crippen LogP contribution in [0.25, 0.3) is 0 Å². The number of carboxylic acids is 1. The summed E-state index contributed by atoms with van der Waals surface area (Å²) in [6.07, 6.45) is 20.1. The van der Waals surface area contributed by atoms with Gasteiger partial charge in [0.25, 0.3) is 0 Å². The highest BCUT2D eigenvalue weighted by molar-refractivity contribution is 5.90. The first-order valence-electron chi connectivity index (χ1n) is 11.5. The van der Waals surface area contributed by atoms with E-state index in [0.29, 0.717) is 6.61 Å². The van der Waals surface area contributed by atoms with Crippen LogP contribution in [0.15, 0.2) is 0 Å². The highest BCUT2D eigenvalue weighted by Gasteiger charge is 2.07. The molecule has 162 valence electrons. The fourth-order valence-electron chi connectivity index (χ4n) is 2.66. The molecule has 0 fully saturated rings. The second kappa shape index (κ2) is 24.9. The van der Waals surface area contributed by atoms with Gasteiger partial charge in [0.15, 0.2) is 0 Å². The predicted octanol–water partition coefficient (Wildman–Crippen LogP) is 7.29. The van der Waals surface area contributed by atoms with Crippen LogP contribution in [0.3, 0.4) is 0 Å². The van der Waals surface area contributed by atoms with E-state index in [1.165, 1.54) is 89.9 Å². The quantitative estimate of drug-likeness (QED) is 0.152. The molecule has 0 heterocycles. The fraction of sp³-hybridized carbons (Fsp3) is 0.913. The lowest BCUT2D eigenvalue weighted by Gasteiger charge is -2.04. The second-order valence-corrected chi connectivity index (χ2v) is 7.39. The van der Waals surface area contributed by atoms with Crippen molar-refractivity contribution in [3.8, 4) is 0 Å². The molecule has 0 amide bonds. The fourth-order valence-corrected chi connectivity index (χ4v) is 2.66. The molecule has 0 atom stereocenters. The minimum absolute atomic E-state index is 0.351. The number of aliphatic carboxylic acids is 1. The van der Waals surface area contributed by atoms with Crippen LogP contribution in [0.2, 0.25) is 0 Å². The van der Waals surface area contributed by atoms with Crippen LogP contribution in [0.1, 0.15) is 130 Å². The third kappa shape index (κ3) is 29.9. The molecule has 4 nitrogen and oxygen atoms in total. The van der Waals surface area contributed by atoms with Crippen LogP contribution >= 0.6 is 0 Å². The molecule has 0 radical (unpaired) electrons.